The van der Waals surface area contributed by atoms with Gasteiger partial charge < -0.3 is 19.4 Å². The van der Waals surface area contributed by atoms with Gasteiger partial charge in [-0.05, 0) is 55.5 Å². The molecule has 0 atom stereocenters. The minimum atomic E-state index is -0.113. The van der Waals surface area contributed by atoms with Crippen LogP contribution in [0.2, 0.25) is 0 Å². The van der Waals surface area contributed by atoms with Gasteiger partial charge in [-0.3, -0.25) is 14.6 Å². The summed E-state index contributed by atoms with van der Waals surface area (Å²) < 4.78 is 12.4. The lowest BCUT2D eigenvalue weighted by atomic mass is 10.1. The second kappa shape index (κ2) is 9.94. The van der Waals surface area contributed by atoms with Gasteiger partial charge >= 0.3 is 0 Å². The minimum Gasteiger partial charge on any atom is -0.453 e. The third-order valence-corrected chi connectivity index (χ3v) is 5.68. The van der Waals surface area contributed by atoms with Gasteiger partial charge in [-0.15, -0.1) is 0 Å². The molecular formula is C29H24N4O4. The van der Waals surface area contributed by atoms with Gasteiger partial charge in [0.2, 0.25) is 0 Å². The quantitative estimate of drug-likeness (QED) is 0.275. The number of hydrogen-bond donors (Lipinski definition) is 1. The van der Waals surface area contributed by atoms with Gasteiger partial charge in [-0.2, -0.15) is 0 Å². The molecule has 184 valence electrons. The maximum absolute atomic E-state index is 12.2. The Labute approximate surface area is 213 Å². The first kappa shape index (κ1) is 23.7. The fourth-order valence-corrected chi connectivity index (χ4v) is 3.82. The molecule has 1 amide bonds. The Morgan fingerprint density at radius 2 is 1.57 bits per heavy atom. The number of H-pyrrole nitrogens is 1. The molecule has 5 rings (SSSR count). The van der Waals surface area contributed by atoms with Crippen LogP contribution in [0, 0.1) is 0 Å². The van der Waals surface area contributed by atoms with Crippen LogP contribution in [0.5, 0.6) is 23.0 Å². The molecular weight excluding hydrogens is 468 g/mol. The number of aromatic nitrogens is 3. The van der Waals surface area contributed by atoms with E-state index in [1.807, 2.05) is 18.2 Å². The van der Waals surface area contributed by atoms with Crippen molar-refractivity contribution < 1.29 is 19.1 Å². The molecule has 0 bridgehead atoms. The largest absolute Gasteiger partial charge is 0.453 e. The first-order chi connectivity index (χ1) is 17.9. The van der Waals surface area contributed by atoms with E-state index in [1.54, 1.807) is 81.0 Å². The number of hydrogen-bond acceptors (Lipinski definition) is 6. The maximum Gasteiger partial charge on any atom is 0.253 e. The van der Waals surface area contributed by atoms with Crippen molar-refractivity contribution in [2.24, 2.45) is 0 Å². The average Bonchev–Trinajstić information content (AvgIpc) is 3.32. The highest BCUT2D eigenvalue weighted by molar-refractivity contribution is 5.97. The summed E-state index contributed by atoms with van der Waals surface area (Å²) in [6.07, 6.45) is 1.70. The SMILES string of the molecule is CC(=O)c1ccccc1Oc1cc2nc(-c3ccccn3)[nH]c2cc1Oc1ccc(C(=O)N(C)C)cc1. The van der Waals surface area contributed by atoms with E-state index >= 15 is 0 Å². The number of benzene rings is 3. The Hall–Kier alpha value is -4.98. The predicted molar refractivity (Wildman–Crippen MR) is 140 cm³/mol. The Balaban J connectivity index is 1.56. The van der Waals surface area contributed by atoms with Gasteiger partial charge in [0.1, 0.15) is 17.2 Å². The molecule has 0 saturated carbocycles. The van der Waals surface area contributed by atoms with Gasteiger partial charge in [0.05, 0.1) is 16.6 Å². The number of ketones is 1. The van der Waals surface area contributed by atoms with Gasteiger partial charge in [0.15, 0.2) is 23.1 Å². The number of pyridine rings is 1. The minimum absolute atomic E-state index is 0.0997. The lowest BCUT2D eigenvalue weighted by molar-refractivity contribution is 0.0827. The lowest BCUT2D eigenvalue weighted by Gasteiger charge is -2.15. The average molecular weight is 493 g/mol. The molecule has 0 unspecified atom stereocenters. The van der Waals surface area contributed by atoms with Crippen molar-refractivity contribution in [3.05, 3.63) is 96.2 Å². The molecule has 0 aliphatic rings. The molecule has 0 fully saturated rings. The highest BCUT2D eigenvalue weighted by Crippen LogP contribution is 2.39. The Morgan fingerprint density at radius 1 is 0.838 bits per heavy atom. The molecule has 37 heavy (non-hydrogen) atoms. The molecule has 2 heterocycles. The summed E-state index contributed by atoms with van der Waals surface area (Å²) in [5, 5.41) is 0. The van der Waals surface area contributed by atoms with Crippen molar-refractivity contribution in [2.45, 2.75) is 6.92 Å². The molecule has 0 aliphatic heterocycles. The fourth-order valence-electron chi connectivity index (χ4n) is 3.82. The zero-order valence-corrected chi connectivity index (χ0v) is 20.6. The van der Waals surface area contributed by atoms with Crippen LogP contribution in [-0.4, -0.2) is 45.6 Å². The molecule has 0 radical (unpaired) electrons. The topological polar surface area (TPSA) is 97.4 Å². The standard InChI is InChI=1S/C29H24N4O4/c1-18(34)21-8-4-5-10-25(21)37-27-17-24-23(31-28(32-24)22-9-6-7-15-30-22)16-26(27)36-20-13-11-19(12-14-20)29(35)33(2)3/h4-17H,1-3H3,(H,31,32). The number of para-hydroxylation sites is 1. The third kappa shape index (κ3) is 5.04. The van der Waals surface area contributed by atoms with Crippen LogP contribution in [-0.2, 0) is 0 Å². The van der Waals surface area contributed by atoms with Crippen LogP contribution in [0.25, 0.3) is 22.6 Å². The van der Waals surface area contributed by atoms with Crippen molar-refractivity contribution in [2.75, 3.05) is 14.1 Å². The molecule has 0 spiro atoms. The summed E-state index contributed by atoms with van der Waals surface area (Å²) in [6, 6.07) is 23.0. The summed E-state index contributed by atoms with van der Waals surface area (Å²) in [7, 11) is 3.40. The first-order valence-corrected chi connectivity index (χ1v) is 11.6. The molecule has 8 nitrogen and oxygen atoms in total. The van der Waals surface area contributed by atoms with Crippen LogP contribution in [0.1, 0.15) is 27.6 Å². The van der Waals surface area contributed by atoms with Gasteiger partial charge in [0, 0.05) is 38.0 Å². The third-order valence-electron chi connectivity index (χ3n) is 5.68. The Kier molecular flexibility index (Phi) is 6.38. The van der Waals surface area contributed by atoms with Crippen molar-refractivity contribution >= 4 is 22.7 Å². The van der Waals surface area contributed by atoms with Gasteiger partial charge in [-0.25, -0.2) is 4.98 Å². The smallest absolute Gasteiger partial charge is 0.253 e. The van der Waals surface area contributed by atoms with Crippen LogP contribution in [0.3, 0.4) is 0 Å². The van der Waals surface area contributed by atoms with E-state index in [4.69, 9.17) is 9.47 Å². The number of nitrogens with one attached hydrogen (secondary N) is 1. The second-order valence-electron chi connectivity index (χ2n) is 8.60. The highest BCUT2D eigenvalue weighted by Gasteiger charge is 2.17. The molecule has 0 saturated heterocycles. The first-order valence-electron chi connectivity index (χ1n) is 11.6. The molecule has 5 aromatic rings. The van der Waals surface area contributed by atoms with Gasteiger partial charge in [0.25, 0.3) is 5.91 Å². The number of carbonyl (C=O) groups excluding carboxylic acids is 2. The van der Waals surface area contributed by atoms with Gasteiger partial charge in [-0.1, -0.05) is 18.2 Å². The summed E-state index contributed by atoms with van der Waals surface area (Å²) in [5.74, 6) is 2.11. The van der Waals surface area contributed by atoms with E-state index in [-0.39, 0.29) is 11.7 Å². The molecule has 2 aromatic heterocycles. The number of amides is 1. The Morgan fingerprint density at radius 3 is 2.27 bits per heavy atom. The van der Waals surface area contributed by atoms with Crippen molar-refractivity contribution in [3.8, 4) is 34.5 Å². The summed E-state index contributed by atoms with van der Waals surface area (Å²) in [6.45, 7) is 1.49. The summed E-state index contributed by atoms with van der Waals surface area (Å²) >= 11 is 0. The van der Waals surface area contributed by atoms with E-state index in [2.05, 4.69) is 15.0 Å². The number of imidazole rings is 1. The number of nitrogens with zero attached hydrogens (tertiary/aromatic N) is 3. The zero-order valence-electron chi connectivity index (χ0n) is 20.6. The predicted octanol–water partition coefficient (Wildman–Crippen LogP) is 6.11. The van der Waals surface area contributed by atoms with Crippen molar-refractivity contribution in [3.63, 3.8) is 0 Å². The van der Waals surface area contributed by atoms with E-state index in [0.29, 0.717) is 51.2 Å². The van der Waals surface area contributed by atoms with Crippen LogP contribution < -0.4 is 9.47 Å². The summed E-state index contributed by atoms with van der Waals surface area (Å²) in [5.41, 5.74) is 3.08. The monoisotopic (exact) mass is 492 g/mol. The maximum atomic E-state index is 12.2. The molecule has 0 aliphatic carbocycles. The number of Topliss-reactive ketones (excluding diaryl/α,β-unsaturated/α-hetero) is 1. The van der Waals surface area contributed by atoms with Crippen LogP contribution in [0.15, 0.2) is 85.1 Å². The van der Waals surface area contributed by atoms with Crippen LogP contribution in [0.4, 0.5) is 0 Å². The fraction of sp³-hybridized carbons (Fsp3) is 0.103. The van der Waals surface area contributed by atoms with E-state index < -0.39 is 0 Å². The molecule has 1 N–H and O–H groups in total. The number of ether oxygens (including phenoxy) is 2. The van der Waals surface area contributed by atoms with E-state index in [9.17, 15) is 9.59 Å². The number of rotatable bonds is 7. The van der Waals surface area contributed by atoms with E-state index in [0.717, 1.165) is 5.52 Å². The highest BCUT2D eigenvalue weighted by atomic mass is 16.5. The number of carbonyl (C=O) groups is 2. The molecule has 3 aromatic carbocycles. The number of aromatic amines is 1. The number of fused-ring (bicyclic) bond motifs is 1. The zero-order chi connectivity index (χ0) is 25.9. The Bertz CT molecular complexity index is 1590. The van der Waals surface area contributed by atoms with Crippen molar-refractivity contribution in [1.29, 1.82) is 0 Å². The van der Waals surface area contributed by atoms with E-state index in [1.165, 1.54) is 11.8 Å². The summed E-state index contributed by atoms with van der Waals surface area (Å²) in [4.78, 5) is 38.3. The molecule has 8 heteroatoms. The second-order valence-corrected chi connectivity index (χ2v) is 8.60. The lowest BCUT2D eigenvalue weighted by Crippen LogP contribution is -2.21. The van der Waals surface area contributed by atoms with Crippen LogP contribution >= 0.6 is 0 Å². The van der Waals surface area contributed by atoms with Crippen molar-refractivity contribution in [1.82, 2.24) is 19.9 Å². The normalized spacial score (nSPS) is 10.8.